The molecule has 0 amide bonds. The normalized spacial score (nSPS) is 13.1. The van der Waals surface area contributed by atoms with E-state index in [-0.39, 0.29) is 37.6 Å². The van der Waals surface area contributed by atoms with E-state index >= 15 is 0 Å². The van der Waals surface area contributed by atoms with Crippen molar-refractivity contribution in [3.63, 3.8) is 0 Å². The van der Waals surface area contributed by atoms with Gasteiger partial charge in [0.15, 0.2) is 0 Å². The van der Waals surface area contributed by atoms with Crippen LogP contribution >= 0.6 is 0 Å². The molecule has 252 valence electrons. The first-order valence-electron chi connectivity index (χ1n) is 15.5. The molecule has 0 bridgehead atoms. The summed E-state index contributed by atoms with van der Waals surface area (Å²) in [6.07, 6.45) is 3.52. The topological polar surface area (TPSA) is 112 Å². The average Bonchev–Trinajstić information content (AvgIpc) is 3.10. The summed E-state index contributed by atoms with van der Waals surface area (Å²) in [6, 6.07) is 27.7. The molecule has 3 rings (SSSR count). The van der Waals surface area contributed by atoms with Crippen LogP contribution in [0.5, 0.6) is 5.75 Å². The van der Waals surface area contributed by atoms with E-state index in [0.717, 1.165) is 22.3 Å². The van der Waals surface area contributed by atoms with Crippen molar-refractivity contribution < 1.29 is 38.7 Å². The Kier molecular flexibility index (Phi) is 14.2. The van der Waals surface area contributed by atoms with Crippen molar-refractivity contribution >= 4 is 11.9 Å². The highest BCUT2D eigenvalue weighted by Gasteiger charge is 2.38. The molecule has 0 radical (unpaired) electrons. The Morgan fingerprint density at radius 2 is 1.10 bits per heavy atom. The first kappa shape index (κ1) is 37.3. The lowest BCUT2D eigenvalue weighted by atomic mass is 9.64. The highest BCUT2D eigenvalue weighted by molar-refractivity contribution is 5.87. The molecule has 0 saturated carbocycles. The van der Waals surface area contributed by atoms with Crippen molar-refractivity contribution in [1.29, 1.82) is 0 Å². The second-order valence-electron chi connectivity index (χ2n) is 11.3. The van der Waals surface area contributed by atoms with E-state index in [9.17, 15) is 19.8 Å². The van der Waals surface area contributed by atoms with E-state index < -0.39 is 29.6 Å². The molecular formula is C40H44O8. The highest BCUT2D eigenvalue weighted by Crippen LogP contribution is 2.46. The van der Waals surface area contributed by atoms with Crippen molar-refractivity contribution in [1.82, 2.24) is 0 Å². The van der Waals surface area contributed by atoms with E-state index in [1.165, 1.54) is 13.8 Å². The summed E-state index contributed by atoms with van der Waals surface area (Å²) in [5, 5.41) is 20.5. The van der Waals surface area contributed by atoms with Gasteiger partial charge in [-0.2, -0.15) is 0 Å². The fourth-order valence-electron chi connectivity index (χ4n) is 4.89. The van der Waals surface area contributed by atoms with E-state index in [1.807, 2.05) is 78.9 Å². The van der Waals surface area contributed by atoms with Gasteiger partial charge < -0.3 is 29.2 Å². The highest BCUT2D eigenvalue weighted by atomic mass is 16.6. The third-order valence-corrected chi connectivity index (χ3v) is 7.31. The number of ether oxygens (including phenoxy) is 4. The summed E-state index contributed by atoms with van der Waals surface area (Å²) < 4.78 is 21.6. The molecule has 0 aliphatic heterocycles. The number of esters is 2. The quantitative estimate of drug-likeness (QED) is 0.0535. The van der Waals surface area contributed by atoms with Gasteiger partial charge in [0.1, 0.15) is 44.4 Å². The fourth-order valence-corrected chi connectivity index (χ4v) is 4.89. The maximum Gasteiger partial charge on any atom is 0.333 e. The van der Waals surface area contributed by atoms with Gasteiger partial charge in [-0.3, -0.25) is 0 Å². The Morgan fingerprint density at radius 1 is 0.667 bits per heavy atom. The number of allylic oxidation sites excluding steroid dienone is 5. The smallest absolute Gasteiger partial charge is 0.333 e. The number of hydrogen-bond donors (Lipinski definition) is 2. The largest absolute Gasteiger partial charge is 0.495 e. The van der Waals surface area contributed by atoms with Crippen LogP contribution < -0.4 is 4.74 Å². The maximum absolute atomic E-state index is 11.7. The average molecular weight is 653 g/mol. The van der Waals surface area contributed by atoms with Gasteiger partial charge in [0.2, 0.25) is 0 Å². The summed E-state index contributed by atoms with van der Waals surface area (Å²) in [5.41, 5.74) is 3.45. The number of hydrogen-bond acceptors (Lipinski definition) is 8. The summed E-state index contributed by atoms with van der Waals surface area (Å²) in [5.74, 6) is -0.0824. The minimum absolute atomic E-state index is 0.0712. The van der Waals surface area contributed by atoms with Gasteiger partial charge in [-0.15, -0.1) is 0 Å². The molecule has 0 spiro atoms. The number of carbonyl (C=O) groups is 2. The summed E-state index contributed by atoms with van der Waals surface area (Å²) >= 11 is 0. The third-order valence-electron chi connectivity index (χ3n) is 7.31. The molecule has 2 unspecified atom stereocenters. The van der Waals surface area contributed by atoms with Gasteiger partial charge >= 0.3 is 11.9 Å². The number of carbonyl (C=O) groups excluding carboxylic acids is 2. The van der Waals surface area contributed by atoms with Crippen molar-refractivity contribution in [3.05, 3.63) is 162 Å². The van der Waals surface area contributed by atoms with Gasteiger partial charge in [-0.1, -0.05) is 105 Å². The molecule has 0 fully saturated rings. The second-order valence-corrected chi connectivity index (χ2v) is 11.3. The zero-order chi connectivity index (χ0) is 35.1. The number of aliphatic hydroxyl groups is 2. The lowest BCUT2D eigenvalue weighted by Crippen LogP contribution is -2.31. The van der Waals surface area contributed by atoms with Crippen molar-refractivity contribution in [3.8, 4) is 5.75 Å². The van der Waals surface area contributed by atoms with Gasteiger partial charge in [0.25, 0.3) is 0 Å². The molecule has 0 heterocycles. The fraction of sp³-hybridized carbons (Fsp3) is 0.250. The van der Waals surface area contributed by atoms with E-state index in [1.54, 1.807) is 6.92 Å². The van der Waals surface area contributed by atoms with Crippen LogP contribution in [-0.4, -0.2) is 60.8 Å². The molecule has 0 saturated heterocycles. The van der Waals surface area contributed by atoms with Crippen LogP contribution in [-0.2, 0) is 29.2 Å². The lowest BCUT2D eigenvalue weighted by Gasteiger charge is -2.37. The molecule has 8 nitrogen and oxygen atoms in total. The summed E-state index contributed by atoms with van der Waals surface area (Å²) in [6.45, 7) is 15.5. The molecule has 8 heteroatoms. The Balaban J connectivity index is 1.95. The number of rotatable bonds is 18. The van der Waals surface area contributed by atoms with E-state index in [4.69, 9.17) is 18.9 Å². The van der Waals surface area contributed by atoms with E-state index in [0.29, 0.717) is 11.5 Å². The first-order valence-corrected chi connectivity index (χ1v) is 15.5. The molecule has 48 heavy (non-hydrogen) atoms. The Hall–Kier alpha value is -5.18. The van der Waals surface area contributed by atoms with Gasteiger partial charge in [-0.05, 0) is 61.2 Å². The number of benzene rings is 3. The third kappa shape index (κ3) is 10.2. The van der Waals surface area contributed by atoms with Crippen molar-refractivity contribution in [2.45, 2.75) is 38.4 Å². The Bertz CT molecular complexity index is 1560. The van der Waals surface area contributed by atoms with Crippen LogP contribution in [0.15, 0.2) is 145 Å². The van der Waals surface area contributed by atoms with Gasteiger partial charge in [0, 0.05) is 11.1 Å². The SMILES string of the molecule is C=C/C(=C\C=C(/C)OCC(O)COC(=O)C(=C)C)C(c1ccccc1)(c1ccccc1)c1ccc(OCC(O)COC(=O)C(=C)C)cc1. The number of aliphatic hydroxyl groups excluding tert-OH is 2. The standard InChI is InChI=1S/C40H44O8/c1-7-31(19-18-30(6)45-24-35(41)26-47-38(43)28(2)3)40(32-14-10-8-11-15-32,33-16-12-9-13-17-33)34-20-22-37(23-21-34)46-25-36(42)27-48-39(44)29(4)5/h7-23,35-36,41-42H,1-2,4,24-27H2,3,5-6H3/b30-18+,31-19+. The predicted molar refractivity (Wildman–Crippen MR) is 186 cm³/mol. The minimum atomic E-state index is -1.01. The molecule has 2 atom stereocenters. The zero-order valence-electron chi connectivity index (χ0n) is 27.8. The summed E-state index contributed by atoms with van der Waals surface area (Å²) in [7, 11) is 0. The molecule has 0 aliphatic carbocycles. The second kappa shape index (κ2) is 18.2. The van der Waals surface area contributed by atoms with Crippen molar-refractivity contribution in [2.24, 2.45) is 0 Å². The van der Waals surface area contributed by atoms with Crippen LogP contribution in [0.25, 0.3) is 0 Å². The van der Waals surface area contributed by atoms with Crippen LogP contribution in [0.2, 0.25) is 0 Å². The molecule has 0 aliphatic rings. The monoisotopic (exact) mass is 652 g/mol. The van der Waals surface area contributed by atoms with Gasteiger partial charge in [-0.25, -0.2) is 9.59 Å². The van der Waals surface area contributed by atoms with Gasteiger partial charge in [0.05, 0.1) is 11.2 Å². The minimum Gasteiger partial charge on any atom is -0.495 e. The first-order chi connectivity index (χ1) is 23.0. The molecule has 3 aromatic carbocycles. The molecule has 2 N–H and O–H groups in total. The summed E-state index contributed by atoms with van der Waals surface area (Å²) in [4.78, 5) is 23.3. The van der Waals surface area contributed by atoms with Crippen molar-refractivity contribution in [2.75, 3.05) is 26.4 Å². The predicted octanol–water partition coefficient (Wildman–Crippen LogP) is 6.39. The molecule has 0 aromatic heterocycles. The van der Waals surface area contributed by atoms with E-state index in [2.05, 4.69) is 44.0 Å². The lowest BCUT2D eigenvalue weighted by molar-refractivity contribution is -0.143. The molecule has 3 aromatic rings. The van der Waals surface area contributed by atoms with Crippen LogP contribution in [0.3, 0.4) is 0 Å². The Morgan fingerprint density at radius 3 is 1.56 bits per heavy atom. The Labute approximate surface area is 282 Å². The van der Waals surface area contributed by atoms with Crippen LogP contribution in [0.4, 0.5) is 0 Å². The van der Waals surface area contributed by atoms with Crippen LogP contribution in [0, 0.1) is 0 Å². The molecular weight excluding hydrogens is 608 g/mol. The van der Waals surface area contributed by atoms with Crippen LogP contribution in [0.1, 0.15) is 37.5 Å². The zero-order valence-corrected chi connectivity index (χ0v) is 27.8. The maximum atomic E-state index is 11.7.